The number of nitrogens with zero attached hydrogens (tertiary/aromatic N) is 1. The first kappa shape index (κ1) is 22.8. The lowest BCUT2D eigenvalue weighted by Crippen LogP contribution is -2.42. The predicted molar refractivity (Wildman–Crippen MR) is 103 cm³/mol. The third-order valence-electron chi connectivity index (χ3n) is 4.84. The monoisotopic (exact) mass is 411 g/mol. The van der Waals surface area contributed by atoms with E-state index in [1.54, 1.807) is 6.92 Å². The molecule has 0 bridgehead atoms. The van der Waals surface area contributed by atoms with E-state index < -0.39 is 41.7 Å². The number of methoxy groups -OCH3 is 1. The predicted octanol–water partition coefficient (Wildman–Crippen LogP) is -0.0225. The third-order valence-corrected chi connectivity index (χ3v) is 4.84. The van der Waals surface area contributed by atoms with Crippen LogP contribution in [-0.4, -0.2) is 51.9 Å². The minimum atomic E-state index is -0.862. The first-order valence-corrected chi connectivity index (χ1v) is 9.65. The third kappa shape index (κ3) is 6.01. The van der Waals surface area contributed by atoms with Gasteiger partial charge in [0.15, 0.2) is 0 Å². The van der Waals surface area contributed by atoms with Crippen LogP contribution in [0.4, 0.5) is 0 Å². The number of hydrogen-bond donors (Lipinski definition) is 3. The number of ether oxygens (including phenoxy) is 2. The number of aliphatic hydroxyl groups excluding tert-OH is 1. The van der Waals surface area contributed by atoms with Gasteiger partial charge in [-0.3, -0.25) is 19.1 Å². The summed E-state index contributed by atoms with van der Waals surface area (Å²) in [5.74, 6) is -0.659. The van der Waals surface area contributed by atoms with Crippen molar-refractivity contribution in [3.8, 4) is 0 Å². The number of esters is 1. The standard InChI is InChI=1S/C19H29N3O7/c1-10(2)7-12(18(26)28-4)20-15(24)6-5-14-13(23)8-16(29-14)22-9-11(3)17(25)21-19(22)27/h9-10,12-14,16,23H,5-8H2,1-4H3,(H,20,24)(H,21,25,27)/t12-,13-,14+,16+/m0/s1. The van der Waals surface area contributed by atoms with Gasteiger partial charge in [-0.2, -0.15) is 0 Å². The molecular formula is C19H29N3O7. The first-order valence-electron chi connectivity index (χ1n) is 9.65. The van der Waals surface area contributed by atoms with Crippen LogP contribution in [0, 0.1) is 12.8 Å². The molecular weight excluding hydrogens is 382 g/mol. The second-order valence-electron chi connectivity index (χ2n) is 7.72. The maximum Gasteiger partial charge on any atom is 0.330 e. The summed E-state index contributed by atoms with van der Waals surface area (Å²) in [5, 5.41) is 12.9. The van der Waals surface area contributed by atoms with Crippen LogP contribution < -0.4 is 16.6 Å². The van der Waals surface area contributed by atoms with Crippen molar-refractivity contribution in [1.82, 2.24) is 14.9 Å². The normalized spacial score (nSPS) is 22.5. The van der Waals surface area contributed by atoms with Gasteiger partial charge in [0.2, 0.25) is 5.91 Å². The second kappa shape index (κ2) is 9.84. The molecule has 0 radical (unpaired) electrons. The van der Waals surface area contributed by atoms with Gasteiger partial charge < -0.3 is 19.9 Å². The van der Waals surface area contributed by atoms with Crippen molar-refractivity contribution >= 4 is 11.9 Å². The fourth-order valence-corrected chi connectivity index (χ4v) is 3.31. The topological polar surface area (TPSA) is 140 Å². The van der Waals surface area contributed by atoms with E-state index in [0.717, 1.165) is 0 Å². The quantitative estimate of drug-likeness (QED) is 0.511. The van der Waals surface area contributed by atoms with Crippen molar-refractivity contribution in [2.24, 2.45) is 5.92 Å². The van der Waals surface area contributed by atoms with Crippen LogP contribution in [-0.2, 0) is 19.1 Å². The molecule has 29 heavy (non-hydrogen) atoms. The van der Waals surface area contributed by atoms with Crippen LogP contribution in [0.2, 0.25) is 0 Å². The van der Waals surface area contributed by atoms with E-state index in [1.165, 1.54) is 17.9 Å². The fourth-order valence-electron chi connectivity index (χ4n) is 3.31. The zero-order chi connectivity index (χ0) is 21.7. The van der Waals surface area contributed by atoms with Gasteiger partial charge in [-0.25, -0.2) is 9.59 Å². The van der Waals surface area contributed by atoms with Gasteiger partial charge >= 0.3 is 11.7 Å². The Kier molecular flexibility index (Phi) is 7.74. The number of aromatic nitrogens is 2. The number of hydrogen-bond acceptors (Lipinski definition) is 7. The van der Waals surface area contributed by atoms with Crippen LogP contribution in [0.15, 0.2) is 15.8 Å². The lowest BCUT2D eigenvalue weighted by molar-refractivity contribution is -0.145. The molecule has 0 aliphatic carbocycles. The maximum atomic E-state index is 12.3. The summed E-state index contributed by atoms with van der Waals surface area (Å²) >= 11 is 0. The molecule has 3 N–H and O–H groups in total. The molecule has 0 aromatic carbocycles. The van der Waals surface area contributed by atoms with Gasteiger partial charge in [-0.05, 0) is 25.7 Å². The number of carbonyl (C=O) groups excluding carboxylic acids is 2. The highest BCUT2D eigenvalue weighted by Crippen LogP contribution is 2.30. The van der Waals surface area contributed by atoms with Crippen LogP contribution >= 0.6 is 0 Å². The smallest absolute Gasteiger partial charge is 0.330 e. The minimum absolute atomic E-state index is 0.0413. The zero-order valence-electron chi connectivity index (χ0n) is 17.1. The SMILES string of the molecule is COC(=O)[C@H](CC(C)C)NC(=O)CC[C@H]1O[C@@H](n2cc(C)c(=O)[nH]c2=O)C[C@@H]1O. The minimum Gasteiger partial charge on any atom is -0.467 e. The Bertz CT molecular complexity index is 845. The molecule has 1 aromatic heterocycles. The Labute approximate surface area is 168 Å². The van der Waals surface area contributed by atoms with E-state index in [4.69, 9.17) is 9.47 Å². The Morgan fingerprint density at radius 3 is 2.72 bits per heavy atom. The summed E-state index contributed by atoms with van der Waals surface area (Å²) < 4.78 is 11.7. The molecule has 1 fully saturated rings. The molecule has 1 aliphatic heterocycles. The number of amides is 1. The molecule has 10 nitrogen and oxygen atoms in total. The summed E-state index contributed by atoms with van der Waals surface area (Å²) in [6.07, 6.45) is 0.0271. The lowest BCUT2D eigenvalue weighted by atomic mass is 10.0. The summed E-state index contributed by atoms with van der Waals surface area (Å²) in [6, 6.07) is -0.725. The number of nitrogens with one attached hydrogen (secondary N) is 2. The number of aliphatic hydroxyl groups is 1. The Hall–Kier alpha value is -2.46. The van der Waals surface area contributed by atoms with Crippen LogP contribution in [0.3, 0.4) is 0 Å². The van der Waals surface area contributed by atoms with E-state index in [0.29, 0.717) is 12.0 Å². The molecule has 4 atom stereocenters. The molecule has 1 aromatic rings. The van der Waals surface area contributed by atoms with Gasteiger partial charge in [0.25, 0.3) is 5.56 Å². The molecule has 0 spiro atoms. The van der Waals surface area contributed by atoms with Gasteiger partial charge in [0.1, 0.15) is 12.3 Å². The fraction of sp³-hybridized carbons (Fsp3) is 0.684. The van der Waals surface area contributed by atoms with Gasteiger partial charge in [0.05, 0.1) is 19.3 Å². The molecule has 1 aliphatic rings. The number of aryl methyl sites for hydroxylation is 1. The largest absolute Gasteiger partial charge is 0.467 e. The Balaban J connectivity index is 1.95. The molecule has 2 rings (SSSR count). The summed E-state index contributed by atoms with van der Waals surface area (Å²) in [7, 11) is 1.27. The average molecular weight is 411 g/mol. The zero-order valence-corrected chi connectivity index (χ0v) is 17.1. The molecule has 0 unspecified atom stereocenters. The van der Waals surface area contributed by atoms with Crippen molar-refractivity contribution in [2.75, 3.05) is 7.11 Å². The lowest BCUT2D eigenvalue weighted by Gasteiger charge is -2.19. The maximum absolute atomic E-state index is 12.3. The first-order chi connectivity index (χ1) is 13.6. The average Bonchev–Trinajstić information content (AvgIpc) is 3.01. The number of carbonyl (C=O) groups is 2. The Morgan fingerprint density at radius 1 is 1.41 bits per heavy atom. The van der Waals surface area contributed by atoms with E-state index in [2.05, 4.69) is 10.3 Å². The summed E-state index contributed by atoms with van der Waals surface area (Å²) in [6.45, 7) is 5.44. The van der Waals surface area contributed by atoms with E-state index in [1.807, 2.05) is 13.8 Å². The highest BCUT2D eigenvalue weighted by Gasteiger charge is 2.36. The number of aromatic amines is 1. The van der Waals surface area contributed by atoms with Crippen LogP contribution in [0.1, 0.15) is 51.3 Å². The van der Waals surface area contributed by atoms with Crippen LogP contribution in [0.25, 0.3) is 0 Å². The van der Waals surface area contributed by atoms with Gasteiger partial charge in [-0.1, -0.05) is 13.8 Å². The van der Waals surface area contributed by atoms with Crippen molar-refractivity contribution in [3.63, 3.8) is 0 Å². The highest BCUT2D eigenvalue weighted by atomic mass is 16.5. The number of H-pyrrole nitrogens is 1. The van der Waals surface area contributed by atoms with Crippen LogP contribution in [0.5, 0.6) is 0 Å². The Morgan fingerprint density at radius 2 is 2.10 bits per heavy atom. The second-order valence-corrected chi connectivity index (χ2v) is 7.72. The van der Waals surface area contributed by atoms with Gasteiger partial charge in [0, 0.05) is 24.6 Å². The molecule has 1 saturated heterocycles. The number of rotatable bonds is 8. The summed E-state index contributed by atoms with van der Waals surface area (Å²) in [4.78, 5) is 49.8. The molecule has 162 valence electrons. The molecule has 2 heterocycles. The van der Waals surface area contributed by atoms with Gasteiger partial charge in [-0.15, -0.1) is 0 Å². The molecule has 0 saturated carbocycles. The van der Waals surface area contributed by atoms with E-state index in [9.17, 15) is 24.3 Å². The summed E-state index contributed by atoms with van der Waals surface area (Å²) in [5.41, 5.74) is -0.741. The van der Waals surface area contributed by atoms with Crippen molar-refractivity contribution < 1.29 is 24.2 Å². The van der Waals surface area contributed by atoms with Crippen molar-refractivity contribution in [1.29, 1.82) is 0 Å². The molecule has 10 heteroatoms. The van der Waals surface area contributed by atoms with Crippen molar-refractivity contribution in [3.05, 3.63) is 32.6 Å². The van der Waals surface area contributed by atoms with E-state index in [-0.39, 0.29) is 31.1 Å². The van der Waals surface area contributed by atoms with Crippen molar-refractivity contribution in [2.45, 2.75) is 70.9 Å². The molecule has 1 amide bonds. The highest BCUT2D eigenvalue weighted by molar-refractivity contribution is 5.84. The van der Waals surface area contributed by atoms with E-state index >= 15 is 0 Å².